The molecule has 72 valence electrons. The van der Waals surface area contributed by atoms with Crippen LogP contribution in [0.2, 0.25) is 0 Å². The first kappa shape index (κ1) is 8.94. The summed E-state index contributed by atoms with van der Waals surface area (Å²) in [6.45, 7) is 2.55. The van der Waals surface area contributed by atoms with Crippen molar-refractivity contribution >= 4 is 5.78 Å². The third-order valence-electron chi connectivity index (χ3n) is 2.15. The van der Waals surface area contributed by atoms with E-state index in [0.717, 1.165) is 5.56 Å². The number of aromatic nitrogens is 1. The molecular weight excluding hydrogens is 178 g/mol. The topological polar surface area (TPSA) is 39.2 Å². The van der Waals surface area contributed by atoms with E-state index in [0.29, 0.717) is 24.3 Å². The Labute approximate surface area is 82.4 Å². The fraction of sp³-hybridized carbons (Fsp3) is 0.273. The van der Waals surface area contributed by atoms with Crippen molar-refractivity contribution in [3.63, 3.8) is 0 Å². The van der Waals surface area contributed by atoms with Crippen LogP contribution >= 0.6 is 0 Å². The molecule has 3 nitrogen and oxygen atoms in total. The molecule has 0 fully saturated rings. The molecule has 0 radical (unpaired) electrons. The fourth-order valence-electron chi connectivity index (χ4n) is 1.38. The number of carbonyl (C=O) groups is 1. The lowest BCUT2D eigenvalue weighted by Gasteiger charge is -1.99. The number of carbonyl (C=O) groups excluding carboxylic acids is 1. The first-order chi connectivity index (χ1) is 6.77. The lowest BCUT2D eigenvalue weighted by atomic mass is 10.1. The van der Waals surface area contributed by atoms with E-state index >= 15 is 0 Å². The van der Waals surface area contributed by atoms with Gasteiger partial charge in [-0.3, -0.25) is 9.78 Å². The van der Waals surface area contributed by atoms with Gasteiger partial charge in [0.15, 0.2) is 0 Å². The van der Waals surface area contributed by atoms with E-state index in [1.165, 1.54) is 6.26 Å². The Morgan fingerprint density at radius 2 is 2.43 bits per heavy atom. The van der Waals surface area contributed by atoms with Gasteiger partial charge in [-0.1, -0.05) is 0 Å². The van der Waals surface area contributed by atoms with E-state index in [1.807, 2.05) is 13.0 Å². The van der Waals surface area contributed by atoms with Crippen LogP contribution in [0.15, 0.2) is 30.2 Å². The smallest absolute Gasteiger partial charge is 0.210 e. The highest BCUT2D eigenvalue weighted by molar-refractivity contribution is 6.07. The zero-order valence-electron chi connectivity index (χ0n) is 7.99. The minimum atomic E-state index is -0.0220. The predicted molar refractivity (Wildman–Crippen MR) is 52.0 cm³/mol. The van der Waals surface area contributed by atoms with E-state index in [4.69, 9.17) is 4.74 Å². The van der Waals surface area contributed by atoms with E-state index in [9.17, 15) is 4.79 Å². The Morgan fingerprint density at radius 3 is 3.07 bits per heavy atom. The summed E-state index contributed by atoms with van der Waals surface area (Å²) in [7, 11) is 0. The molecular formula is C11H11NO2. The molecule has 0 atom stereocenters. The van der Waals surface area contributed by atoms with Crippen LogP contribution in [-0.4, -0.2) is 17.4 Å². The Morgan fingerprint density at radius 1 is 1.57 bits per heavy atom. The van der Waals surface area contributed by atoms with Gasteiger partial charge < -0.3 is 4.74 Å². The van der Waals surface area contributed by atoms with Crippen LogP contribution in [0.5, 0.6) is 0 Å². The zero-order valence-corrected chi connectivity index (χ0v) is 7.99. The summed E-state index contributed by atoms with van der Waals surface area (Å²) in [5, 5.41) is 0. The monoisotopic (exact) mass is 189 g/mol. The number of Topliss-reactive ketones (excluding diaryl/α,β-unsaturated/α-hetero) is 1. The highest BCUT2D eigenvalue weighted by atomic mass is 16.5. The van der Waals surface area contributed by atoms with Gasteiger partial charge >= 0.3 is 0 Å². The molecule has 0 aliphatic carbocycles. The minimum absolute atomic E-state index is 0.0220. The molecule has 0 N–H and O–H groups in total. The van der Waals surface area contributed by atoms with Crippen molar-refractivity contribution in [1.82, 2.24) is 4.98 Å². The predicted octanol–water partition coefficient (Wildman–Crippen LogP) is 1.88. The average molecular weight is 189 g/mol. The molecule has 0 aromatic carbocycles. The normalized spacial score (nSPS) is 14.8. The number of hydrogen-bond acceptors (Lipinski definition) is 3. The quantitative estimate of drug-likeness (QED) is 0.667. The molecule has 1 aliphatic heterocycles. The third-order valence-corrected chi connectivity index (χ3v) is 2.15. The summed E-state index contributed by atoms with van der Waals surface area (Å²) in [5.74, 6) is -0.0220. The Bertz CT molecular complexity index is 396. The number of ketones is 1. The molecule has 0 spiro atoms. The first-order valence-corrected chi connectivity index (χ1v) is 4.55. The van der Waals surface area contributed by atoms with Crippen molar-refractivity contribution < 1.29 is 9.53 Å². The van der Waals surface area contributed by atoms with E-state index in [2.05, 4.69) is 4.98 Å². The molecule has 0 amide bonds. The molecule has 14 heavy (non-hydrogen) atoms. The Balaban J connectivity index is 2.27. The van der Waals surface area contributed by atoms with Crippen LogP contribution in [0, 0.1) is 6.92 Å². The van der Waals surface area contributed by atoms with Crippen molar-refractivity contribution in [2.75, 3.05) is 6.61 Å². The highest BCUT2D eigenvalue weighted by Crippen LogP contribution is 2.15. The maximum absolute atomic E-state index is 11.8. The van der Waals surface area contributed by atoms with Gasteiger partial charge in [0, 0.05) is 18.2 Å². The Kier molecular flexibility index (Phi) is 2.31. The Hall–Kier alpha value is -1.64. The van der Waals surface area contributed by atoms with Gasteiger partial charge in [-0.15, -0.1) is 0 Å². The third kappa shape index (κ3) is 1.66. The number of nitrogens with zero attached hydrogens (tertiary/aromatic N) is 1. The molecule has 0 saturated heterocycles. The van der Waals surface area contributed by atoms with E-state index in [-0.39, 0.29) is 5.78 Å². The minimum Gasteiger partial charge on any atom is -0.500 e. The van der Waals surface area contributed by atoms with Gasteiger partial charge in [0.25, 0.3) is 0 Å². The van der Waals surface area contributed by atoms with Gasteiger partial charge in [0.2, 0.25) is 5.78 Å². The van der Waals surface area contributed by atoms with E-state index < -0.39 is 0 Å². The average Bonchev–Trinajstić information content (AvgIpc) is 2.69. The van der Waals surface area contributed by atoms with Crippen LogP contribution in [0.3, 0.4) is 0 Å². The van der Waals surface area contributed by atoms with Gasteiger partial charge in [-0.05, 0) is 24.6 Å². The largest absolute Gasteiger partial charge is 0.500 e. The summed E-state index contributed by atoms with van der Waals surface area (Å²) in [5.41, 5.74) is 2.26. The summed E-state index contributed by atoms with van der Waals surface area (Å²) in [6, 6.07) is 3.66. The summed E-state index contributed by atoms with van der Waals surface area (Å²) >= 11 is 0. The molecule has 0 unspecified atom stereocenters. The number of rotatable bonds is 2. The number of ether oxygens (including phenoxy) is 1. The summed E-state index contributed by atoms with van der Waals surface area (Å²) < 4.78 is 5.02. The first-order valence-electron chi connectivity index (χ1n) is 4.55. The lowest BCUT2D eigenvalue weighted by molar-refractivity contribution is 0.102. The molecule has 0 bridgehead atoms. The van der Waals surface area contributed by atoms with Gasteiger partial charge in [-0.25, -0.2) is 0 Å². The van der Waals surface area contributed by atoms with Crippen molar-refractivity contribution in [2.24, 2.45) is 0 Å². The number of pyridine rings is 1. The van der Waals surface area contributed by atoms with Crippen molar-refractivity contribution in [3.05, 3.63) is 41.4 Å². The second kappa shape index (κ2) is 3.62. The number of hydrogen-bond donors (Lipinski definition) is 0. The van der Waals surface area contributed by atoms with Crippen LogP contribution in [0.25, 0.3) is 0 Å². The second-order valence-corrected chi connectivity index (χ2v) is 3.31. The fourth-order valence-corrected chi connectivity index (χ4v) is 1.38. The summed E-state index contributed by atoms with van der Waals surface area (Å²) in [4.78, 5) is 15.8. The van der Waals surface area contributed by atoms with E-state index in [1.54, 1.807) is 12.3 Å². The molecule has 1 aliphatic rings. The molecule has 3 heteroatoms. The second-order valence-electron chi connectivity index (χ2n) is 3.31. The van der Waals surface area contributed by atoms with Crippen LogP contribution in [-0.2, 0) is 4.74 Å². The maximum atomic E-state index is 11.8. The lowest BCUT2D eigenvalue weighted by Crippen LogP contribution is -2.04. The zero-order chi connectivity index (χ0) is 9.97. The highest BCUT2D eigenvalue weighted by Gasteiger charge is 2.17. The molecule has 2 rings (SSSR count). The van der Waals surface area contributed by atoms with Crippen molar-refractivity contribution in [2.45, 2.75) is 13.3 Å². The number of aryl methyl sites for hydroxylation is 1. The van der Waals surface area contributed by atoms with Crippen LogP contribution < -0.4 is 0 Å². The molecule has 2 heterocycles. The van der Waals surface area contributed by atoms with Gasteiger partial charge in [0.1, 0.15) is 5.69 Å². The maximum Gasteiger partial charge on any atom is 0.210 e. The summed E-state index contributed by atoms with van der Waals surface area (Å²) in [6.07, 6.45) is 3.87. The van der Waals surface area contributed by atoms with Gasteiger partial charge in [0.05, 0.1) is 12.9 Å². The standard InChI is InChI=1S/C11H11NO2/c1-8-2-4-12-10(6-8)11(13)9-3-5-14-7-9/h2,4,6-7H,3,5H2,1H3. The van der Waals surface area contributed by atoms with Crippen LogP contribution in [0.4, 0.5) is 0 Å². The molecule has 1 aromatic heterocycles. The SMILES string of the molecule is Cc1ccnc(C(=O)C2=COCC2)c1. The van der Waals surface area contributed by atoms with Gasteiger partial charge in [-0.2, -0.15) is 0 Å². The van der Waals surface area contributed by atoms with Crippen molar-refractivity contribution in [3.8, 4) is 0 Å². The molecule has 1 aromatic rings. The molecule has 0 saturated carbocycles. The van der Waals surface area contributed by atoms with Crippen LogP contribution in [0.1, 0.15) is 22.5 Å². The van der Waals surface area contributed by atoms with Crippen molar-refractivity contribution in [1.29, 1.82) is 0 Å².